The van der Waals surface area contributed by atoms with Gasteiger partial charge in [0.2, 0.25) is 10.0 Å². The summed E-state index contributed by atoms with van der Waals surface area (Å²) >= 11 is 0. The molecule has 0 aliphatic rings. The van der Waals surface area contributed by atoms with Crippen molar-refractivity contribution in [2.24, 2.45) is 5.14 Å². The Morgan fingerprint density at radius 3 is 2.70 bits per heavy atom. The SMILES string of the molecule is CCOC(=O)c1cc(NCCCS(N)(=O)=O)ccc1N. The van der Waals surface area contributed by atoms with Gasteiger partial charge in [0.05, 0.1) is 17.9 Å². The lowest BCUT2D eigenvalue weighted by Gasteiger charge is -2.10. The zero-order chi connectivity index (χ0) is 15.2. The quantitative estimate of drug-likeness (QED) is 0.383. The molecule has 5 N–H and O–H groups in total. The molecule has 0 spiro atoms. The fourth-order valence-electron chi connectivity index (χ4n) is 1.56. The molecule has 1 aromatic rings. The molecule has 1 aromatic carbocycles. The standard InChI is InChI=1S/C12H19N3O4S/c1-2-19-12(16)10-8-9(4-5-11(10)13)15-6-3-7-20(14,17)18/h4-5,8,15H,2-3,6-7,13H2,1H3,(H2,14,17,18). The second kappa shape index (κ2) is 7.11. The summed E-state index contributed by atoms with van der Waals surface area (Å²) in [5, 5.41) is 7.90. The highest BCUT2D eigenvalue weighted by Crippen LogP contribution is 2.18. The summed E-state index contributed by atoms with van der Waals surface area (Å²) in [6, 6.07) is 4.87. The fraction of sp³-hybridized carbons (Fsp3) is 0.417. The summed E-state index contributed by atoms with van der Waals surface area (Å²) in [7, 11) is -3.45. The third-order valence-corrected chi connectivity index (χ3v) is 3.34. The lowest BCUT2D eigenvalue weighted by Crippen LogP contribution is -2.18. The van der Waals surface area contributed by atoms with Gasteiger partial charge < -0.3 is 15.8 Å². The van der Waals surface area contributed by atoms with Gasteiger partial charge in [-0.3, -0.25) is 0 Å². The maximum atomic E-state index is 11.7. The van der Waals surface area contributed by atoms with Crippen molar-refractivity contribution >= 4 is 27.4 Å². The normalized spacial score (nSPS) is 11.1. The number of rotatable bonds is 7. The van der Waals surface area contributed by atoms with E-state index in [1.165, 1.54) is 0 Å². The first kappa shape index (κ1) is 16.3. The summed E-state index contributed by atoms with van der Waals surface area (Å²) < 4.78 is 26.4. The molecule has 0 amide bonds. The van der Waals surface area contributed by atoms with E-state index < -0.39 is 16.0 Å². The molecule has 0 radical (unpaired) electrons. The summed E-state index contributed by atoms with van der Waals surface area (Å²) in [6.45, 7) is 2.40. The van der Waals surface area contributed by atoms with Crippen LogP contribution in [0, 0.1) is 0 Å². The molecule has 0 aliphatic heterocycles. The molecule has 0 fully saturated rings. The molecule has 0 aromatic heterocycles. The third-order valence-electron chi connectivity index (χ3n) is 2.48. The minimum Gasteiger partial charge on any atom is -0.462 e. The van der Waals surface area contributed by atoms with Crippen LogP contribution >= 0.6 is 0 Å². The Morgan fingerprint density at radius 1 is 1.40 bits per heavy atom. The number of benzene rings is 1. The number of carbonyl (C=O) groups excluding carboxylic acids is 1. The number of hydrogen-bond donors (Lipinski definition) is 3. The van der Waals surface area contributed by atoms with Crippen molar-refractivity contribution in [3.63, 3.8) is 0 Å². The molecule has 0 saturated carbocycles. The number of hydrogen-bond acceptors (Lipinski definition) is 6. The van der Waals surface area contributed by atoms with Gasteiger partial charge in [0.1, 0.15) is 0 Å². The lowest BCUT2D eigenvalue weighted by molar-refractivity contribution is 0.0527. The van der Waals surface area contributed by atoms with Gasteiger partial charge in [-0.25, -0.2) is 18.4 Å². The van der Waals surface area contributed by atoms with Crippen LogP contribution in [0.3, 0.4) is 0 Å². The minimum absolute atomic E-state index is 0.0975. The molecule has 0 unspecified atom stereocenters. The number of anilines is 2. The summed E-state index contributed by atoms with van der Waals surface area (Å²) in [5.74, 6) is -0.585. The molecular formula is C12H19N3O4S. The third kappa shape index (κ3) is 5.45. The first-order chi connectivity index (χ1) is 9.33. The smallest absolute Gasteiger partial charge is 0.340 e. The van der Waals surface area contributed by atoms with Crippen molar-refractivity contribution in [3.05, 3.63) is 23.8 Å². The van der Waals surface area contributed by atoms with Gasteiger partial charge in [-0.15, -0.1) is 0 Å². The summed E-state index contributed by atoms with van der Waals surface area (Å²) in [6.07, 6.45) is 0.373. The Kier molecular flexibility index (Phi) is 5.78. The van der Waals surface area contributed by atoms with Crippen LogP contribution in [0.25, 0.3) is 0 Å². The molecule has 0 bridgehead atoms. The highest BCUT2D eigenvalue weighted by molar-refractivity contribution is 7.89. The van der Waals surface area contributed by atoms with Crippen LogP contribution in [0.5, 0.6) is 0 Å². The van der Waals surface area contributed by atoms with Crippen molar-refractivity contribution in [3.8, 4) is 0 Å². The molecule has 0 saturated heterocycles. The number of ether oxygens (including phenoxy) is 1. The van der Waals surface area contributed by atoms with Gasteiger partial charge in [-0.05, 0) is 31.5 Å². The molecule has 7 nitrogen and oxygen atoms in total. The van der Waals surface area contributed by atoms with E-state index in [4.69, 9.17) is 15.6 Å². The first-order valence-electron chi connectivity index (χ1n) is 6.14. The van der Waals surface area contributed by atoms with Gasteiger partial charge in [0.15, 0.2) is 0 Å². The molecule has 0 heterocycles. The second-order valence-electron chi connectivity index (χ2n) is 4.17. The Labute approximate surface area is 118 Å². The maximum absolute atomic E-state index is 11.7. The van der Waals surface area contributed by atoms with Gasteiger partial charge in [0, 0.05) is 17.9 Å². The molecule has 20 heavy (non-hydrogen) atoms. The predicted octanol–water partition coefficient (Wildman–Crippen LogP) is 0.536. The van der Waals surface area contributed by atoms with Crippen LogP contribution < -0.4 is 16.2 Å². The van der Waals surface area contributed by atoms with Crippen LogP contribution in [-0.4, -0.2) is 33.3 Å². The number of carbonyl (C=O) groups is 1. The van der Waals surface area contributed by atoms with Crippen LogP contribution in [0.2, 0.25) is 0 Å². The van der Waals surface area contributed by atoms with Crippen molar-refractivity contribution in [2.75, 3.05) is 30.0 Å². The van der Waals surface area contributed by atoms with Gasteiger partial charge in [-0.1, -0.05) is 0 Å². The van der Waals surface area contributed by atoms with Crippen LogP contribution in [-0.2, 0) is 14.8 Å². The molecule has 8 heteroatoms. The van der Waals surface area contributed by atoms with Crippen molar-refractivity contribution in [1.82, 2.24) is 0 Å². The van der Waals surface area contributed by atoms with E-state index in [1.807, 2.05) is 0 Å². The van der Waals surface area contributed by atoms with E-state index in [-0.39, 0.29) is 17.9 Å². The highest BCUT2D eigenvalue weighted by atomic mass is 32.2. The molecule has 112 valence electrons. The topological polar surface area (TPSA) is 125 Å². The van der Waals surface area contributed by atoms with E-state index in [0.717, 1.165) is 0 Å². The van der Waals surface area contributed by atoms with Crippen LogP contribution in [0.4, 0.5) is 11.4 Å². The number of nitrogens with two attached hydrogens (primary N) is 2. The highest BCUT2D eigenvalue weighted by Gasteiger charge is 2.11. The Balaban J connectivity index is 2.63. The van der Waals surface area contributed by atoms with E-state index in [9.17, 15) is 13.2 Å². The Bertz CT molecular complexity index is 572. The minimum atomic E-state index is -3.45. The lowest BCUT2D eigenvalue weighted by atomic mass is 10.1. The van der Waals surface area contributed by atoms with E-state index in [0.29, 0.717) is 24.3 Å². The number of nitrogens with one attached hydrogen (secondary N) is 1. The van der Waals surface area contributed by atoms with Crippen molar-refractivity contribution in [2.45, 2.75) is 13.3 Å². The zero-order valence-corrected chi connectivity index (χ0v) is 12.1. The Hall–Kier alpha value is -1.80. The van der Waals surface area contributed by atoms with Gasteiger partial charge in [-0.2, -0.15) is 0 Å². The monoisotopic (exact) mass is 301 g/mol. The molecule has 0 aliphatic carbocycles. The summed E-state index contributed by atoms with van der Waals surface area (Å²) in [4.78, 5) is 11.7. The second-order valence-corrected chi connectivity index (χ2v) is 5.90. The van der Waals surface area contributed by atoms with Gasteiger partial charge >= 0.3 is 5.97 Å². The number of sulfonamides is 1. The number of nitrogen functional groups attached to an aromatic ring is 1. The number of esters is 1. The van der Waals surface area contributed by atoms with Crippen LogP contribution in [0.15, 0.2) is 18.2 Å². The average Bonchev–Trinajstić information content (AvgIpc) is 2.35. The van der Waals surface area contributed by atoms with Crippen molar-refractivity contribution < 1.29 is 17.9 Å². The largest absolute Gasteiger partial charge is 0.462 e. The average molecular weight is 301 g/mol. The van der Waals surface area contributed by atoms with Gasteiger partial charge in [0.25, 0.3) is 0 Å². The molecular weight excluding hydrogens is 282 g/mol. The fourth-order valence-corrected chi connectivity index (χ4v) is 2.10. The molecule has 0 atom stereocenters. The molecule has 1 rings (SSSR count). The summed E-state index contributed by atoms with van der Waals surface area (Å²) in [5.41, 5.74) is 6.98. The maximum Gasteiger partial charge on any atom is 0.340 e. The first-order valence-corrected chi connectivity index (χ1v) is 7.86. The number of primary sulfonamides is 1. The zero-order valence-electron chi connectivity index (χ0n) is 11.3. The predicted molar refractivity (Wildman–Crippen MR) is 77.9 cm³/mol. The van der Waals surface area contributed by atoms with Crippen molar-refractivity contribution in [1.29, 1.82) is 0 Å². The Morgan fingerprint density at radius 2 is 2.10 bits per heavy atom. The van der Waals surface area contributed by atoms with E-state index in [1.54, 1.807) is 25.1 Å². The van der Waals surface area contributed by atoms with Crippen LogP contribution in [0.1, 0.15) is 23.7 Å². The van der Waals surface area contributed by atoms with E-state index in [2.05, 4.69) is 5.32 Å². The van der Waals surface area contributed by atoms with E-state index >= 15 is 0 Å².